The summed E-state index contributed by atoms with van der Waals surface area (Å²) in [6.45, 7) is 1.31. The number of benzene rings is 2. The van der Waals surface area contributed by atoms with Crippen LogP contribution in [0.1, 0.15) is 17.3 Å². The second-order valence-electron chi connectivity index (χ2n) is 4.57. The van der Waals surface area contributed by atoms with Gasteiger partial charge in [-0.2, -0.15) is 0 Å². The summed E-state index contributed by atoms with van der Waals surface area (Å²) in [5.41, 5.74) is 1.11. The van der Waals surface area contributed by atoms with Crippen LogP contribution in [0.25, 0.3) is 0 Å². The van der Waals surface area contributed by atoms with Crippen LogP contribution >= 0.6 is 0 Å². The van der Waals surface area contributed by atoms with E-state index < -0.39 is 5.82 Å². The van der Waals surface area contributed by atoms with Crippen molar-refractivity contribution in [1.29, 1.82) is 0 Å². The van der Waals surface area contributed by atoms with Crippen LogP contribution in [-0.4, -0.2) is 18.9 Å². The predicted molar refractivity (Wildman–Crippen MR) is 79.9 cm³/mol. The average Bonchev–Trinajstić information content (AvgIpc) is 2.46. The van der Waals surface area contributed by atoms with Crippen molar-refractivity contribution in [2.24, 2.45) is 0 Å². The normalized spacial score (nSPS) is 10.0. The van der Waals surface area contributed by atoms with Gasteiger partial charge >= 0.3 is 0 Å². The molecule has 0 radical (unpaired) electrons. The summed E-state index contributed by atoms with van der Waals surface area (Å²) >= 11 is 0. The first-order valence-corrected chi connectivity index (χ1v) is 6.39. The summed E-state index contributed by atoms with van der Waals surface area (Å²) < 4.78 is 13.3. The first-order valence-electron chi connectivity index (χ1n) is 6.39. The molecule has 5 heteroatoms. The van der Waals surface area contributed by atoms with E-state index in [1.165, 1.54) is 24.0 Å². The van der Waals surface area contributed by atoms with Gasteiger partial charge < -0.3 is 10.2 Å². The molecule has 21 heavy (non-hydrogen) atoms. The lowest BCUT2D eigenvalue weighted by Crippen LogP contribution is -2.27. The van der Waals surface area contributed by atoms with E-state index in [0.29, 0.717) is 5.69 Å². The van der Waals surface area contributed by atoms with Crippen molar-refractivity contribution < 1.29 is 14.0 Å². The molecule has 0 saturated heterocycles. The number of nitrogens with zero attached hydrogens (tertiary/aromatic N) is 1. The summed E-state index contributed by atoms with van der Waals surface area (Å²) in [6, 6.07) is 12.8. The van der Waals surface area contributed by atoms with Crippen LogP contribution in [0.5, 0.6) is 0 Å². The van der Waals surface area contributed by atoms with E-state index >= 15 is 0 Å². The zero-order chi connectivity index (χ0) is 15.4. The number of rotatable bonds is 3. The Morgan fingerprint density at radius 3 is 2.38 bits per heavy atom. The molecule has 2 rings (SSSR count). The summed E-state index contributed by atoms with van der Waals surface area (Å²) in [6.07, 6.45) is 0. The molecule has 0 unspecified atom stereocenters. The fraction of sp³-hybridized carbons (Fsp3) is 0.125. The maximum atomic E-state index is 13.3. The van der Waals surface area contributed by atoms with Crippen LogP contribution in [0, 0.1) is 5.82 Å². The standard InChI is InChI=1S/C16H15FN2O2/c1-11(20)18-15-10-12(17)8-9-14(15)16(21)19(2)13-6-4-3-5-7-13/h3-10H,1-2H3,(H,18,20). The van der Waals surface area contributed by atoms with Crippen LogP contribution in [0.15, 0.2) is 48.5 Å². The van der Waals surface area contributed by atoms with Crippen molar-refractivity contribution in [3.63, 3.8) is 0 Å². The number of halogens is 1. The predicted octanol–water partition coefficient (Wildman–Crippen LogP) is 3.06. The summed E-state index contributed by atoms with van der Waals surface area (Å²) in [4.78, 5) is 25.1. The van der Waals surface area contributed by atoms with Crippen LogP contribution in [-0.2, 0) is 4.79 Å². The summed E-state index contributed by atoms with van der Waals surface area (Å²) in [5, 5.41) is 2.48. The minimum Gasteiger partial charge on any atom is -0.325 e. The molecule has 108 valence electrons. The largest absolute Gasteiger partial charge is 0.325 e. The molecule has 0 fully saturated rings. The number of carbonyl (C=O) groups is 2. The molecule has 1 N–H and O–H groups in total. The Hall–Kier alpha value is -2.69. The van der Waals surface area contributed by atoms with Crippen molar-refractivity contribution >= 4 is 23.2 Å². The van der Waals surface area contributed by atoms with Crippen molar-refractivity contribution in [3.8, 4) is 0 Å². The molecule has 0 aromatic heterocycles. The van der Waals surface area contributed by atoms with E-state index in [0.717, 1.165) is 6.07 Å². The molecule has 0 saturated carbocycles. The van der Waals surface area contributed by atoms with Gasteiger partial charge in [0.25, 0.3) is 5.91 Å². The Kier molecular flexibility index (Phi) is 4.33. The van der Waals surface area contributed by atoms with Gasteiger partial charge in [-0.05, 0) is 30.3 Å². The minimum absolute atomic E-state index is 0.162. The molecule has 2 amide bonds. The van der Waals surface area contributed by atoms with Gasteiger partial charge in [0.15, 0.2) is 0 Å². The number of carbonyl (C=O) groups excluding carboxylic acids is 2. The molecule has 0 heterocycles. The zero-order valence-electron chi connectivity index (χ0n) is 11.8. The highest BCUT2D eigenvalue weighted by Gasteiger charge is 2.18. The number of para-hydroxylation sites is 1. The number of nitrogens with one attached hydrogen (secondary N) is 1. The van der Waals surface area contributed by atoms with Crippen LogP contribution in [0.3, 0.4) is 0 Å². The minimum atomic E-state index is -0.516. The molecule has 0 spiro atoms. The molecule has 0 aliphatic rings. The lowest BCUT2D eigenvalue weighted by atomic mass is 10.1. The van der Waals surface area contributed by atoms with E-state index in [4.69, 9.17) is 0 Å². The molecular formula is C16H15FN2O2. The molecule has 0 aliphatic carbocycles. The lowest BCUT2D eigenvalue weighted by molar-refractivity contribution is -0.114. The number of hydrogen-bond acceptors (Lipinski definition) is 2. The quantitative estimate of drug-likeness (QED) is 0.942. The Morgan fingerprint density at radius 1 is 1.10 bits per heavy atom. The van der Waals surface area contributed by atoms with Gasteiger partial charge in [-0.15, -0.1) is 0 Å². The van der Waals surface area contributed by atoms with Gasteiger partial charge in [-0.25, -0.2) is 4.39 Å². The van der Waals surface area contributed by atoms with E-state index in [1.807, 2.05) is 18.2 Å². The Bertz CT molecular complexity index is 671. The van der Waals surface area contributed by atoms with Crippen LogP contribution in [0.4, 0.5) is 15.8 Å². The highest BCUT2D eigenvalue weighted by molar-refractivity contribution is 6.10. The van der Waals surface area contributed by atoms with Gasteiger partial charge in [0.05, 0.1) is 11.3 Å². The second kappa shape index (κ2) is 6.17. The topological polar surface area (TPSA) is 49.4 Å². The smallest absolute Gasteiger partial charge is 0.260 e. The number of hydrogen-bond donors (Lipinski definition) is 1. The molecule has 2 aromatic rings. The molecular weight excluding hydrogens is 271 g/mol. The van der Waals surface area contributed by atoms with Crippen molar-refractivity contribution in [2.45, 2.75) is 6.92 Å². The molecule has 0 bridgehead atoms. The lowest BCUT2D eigenvalue weighted by Gasteiger charge is -2.19. The van der Waals surface area contributed by atoms with Gasteiger partial charge in [-0.1, -0.05) is 18.2 Å². The first kappa shape index (κ1) is 14.7. The van der Waals surface area contributed by atoms with Gasteiger partial charge in [0.2, 0.25) is 5.91 Å². The van der Waals surface area contributed by atoms with Crippen molar-refractivity contribution in [1.82, 2.24) is 0 Å². The van der Waals surface area contributed by atoms with E-state index in [1.54, 1.807) is 19.2 Å². The third-order valence-corrected chi connectivity index (χ3v) is 2.97. The number of anilines is 2. The molecule has 0 atom stereocenters. The van der Waals surface area contributed by atoms with Crippen molar-refractivity contribution in [3.05, 3.63) is 59.9 Å². The molecule has 4 nitrogen and oxygen atoms in total. The number of amides is 2. The van der Waals surface area contributed by atoms with Gasteiger partial charge in [-0.3, -0.25) is 9.59 Å². The summed E-state index contributed by atoms with van der Waals surface area (Å²) in [7, 11) is 1.62. The van der Waals surface area contributed by atoms with Crippen LogP contribution < -0.4 is 10.2 Å². The fourth-order valence-electron chi connectivity index (χ4n) is 1.95. The molecule has 0 aliphatic heterocycles. The Balaban J connectivity index is 2.37. The van der Waals surface area contributed by atoms with Crippen molar-refractivity contribution in [2.75, 3.05) is 17.3 Å². The monoisotopic (exact) mass is 286 g/mol. The third kappa shape index (κ3) is 3.45. The van der Waals surface area contributed by atoms with E-state index in [9.17, 15) is 14.0 Å². The SMILES string of the molecule is CC(=O)Nc1cc(F)ccc1C(=O)N(C)c1ccccc1. The average molecular weight is 286 g/mol. The fourth-order valence-corrected chi connectivity index (χ4v) is 1.95. The summed E-state index contributed by atoms with van der Waals surface area (Å²) in [5.74, 6) is -1.21. The van der Waals surface area contributed by atoms with Gasteiger partial charge in [0.1, 0.15) is 5.82 Å². The second-order valence-corrected chi connectivity index (χ2v) is 4.57. The van der Waals surface area contributed by atoms with Crippen LogP contribution in [0.2, 0.25) is 0 Å². The van der Waals surface area contributed by atoms with E-state index in [2.05, 4.69) is 5.32 Å². The zero-order valence-corrected chi connectivity index (χ0v) is 11.8. The highest BCUT2D eigenvalue weighted by Crippen LogP contribution is 2.22. The molecule has 2 aromatic carbocycles. The highest BCUT2D eigenvalue weighted by atomic mass is 19.1. The first-order chi connectivity index (χ1) is 9.99. The maximum Gasteiger partial charge on any atom is 0.260 e. The Labute approximate surface area is 122 Å². The maximum absolute atomic E-state index is 13.3. The third-order valence-electron chi connectivity index (χ3n) is 2.97. The Morgan fingerprint density at radius 2 is 1.76 bits per heavy atom. The van der Waals surface area contributed by atoms with E-state index in [-0.39, 0.29) is 23.1 Å². The van der Waals surface area contributed by atoms with Gasteiger partial charge in [0, 0.05) is 19.7 Å².